The van der Waals surface area contributed by atoms with Gasteiger partial charge in [-0.05, 0) is 13.0 Å². The van der Waals surface area contributed by atoms with E-state index in [2.05, 4.69) is 9.88 Å². The SMILES string of the molecule is CC1CN(c2ncc(Cl)cc2N)CCO1. The molecule has 0 radical (unpaired) electrons. The molecular formula is C10H14ClN3O. The molecule has 0 spiro atoms. The molecule has 0 amide bonds. The number of nitrogens with zero attached hydrogens (tertiary/aromatic N) is 2. The van der Waals surface area contributed by atoms with Crippen LogP contribution in [-0.4, -0.2) is 30.8 Å². The molecule has 1 aromatic rings. The number of anilines is 2. The molecule has 1 aliphatic rings. The lowest BCUT2D eigenvalue weighted by atomic mass is 10.3. The highest BCUT2D eigenvalue weighted by Gasteiger charge is 2.19. The first-order valence-electron chi connectivity index (χ1n) is 4.94. The van der Waals surface area contributed by atoms with E-state index in [1.807, 2.05) is 6.92 Å². The van der Waals surface area contributed by atoms with E-state index in [0.29, 0.717) is 17.3 Å². The number of pyridine rings is 1. The van der Waals surface area contributed by atoms with Crippen molar-refractivity contribution in [1.29, 1.82) is 0 Å². The van der Waals surface area contributed by atoms with Crippen LogP contribution in [0, 0.1) is 0 Å². The zero-order chi connectivity index (χ0) is 10.8. The second kappa shape index (κ2) is 4.24. The van der Waals surface area contributed by atoms with E-state index in [4.69, 9.17) is 22.1 Å². The summed E-state index contributed by atoms with van der Waals surface area (Å²) in [5.74, 6) is 0.801. The number of nitrogens with two attached hydrogens (primary N) is 1. The van der Waals surface area contributed by atoms with Crippen molar-refractivity contribution in [3.63, 3.8) is 0 Å². The van der Waals surface area contributed by atoms with Gasteiger partial charge in [-0.15, -0.1) is 0 Å². The quantitative estimate of drug-likeness (QED) is 0.791. The van der Waals surface area contributed by atoms with Gasteiger partial charge in [-0.25, -0.2) is 4.98 Å². The van der Waals surface area contributed by atoms with Crippen molar-refractivity contribution in [3.05, 3.63) is 17.3 Å². The van der Waals surface area contributed by atoms with E-state index in [0.717, 1.165) is 18.9 Å². The Hall–Kier alpha value is -1.00. The van der Waals surface area contributed by atoms with E-state index in [1.54, 1.807) is 12.3 Å². The van der Waals surface area contributed by atoms with Crippen molar-refractivity contribution >= 4 is 23.1 Å². The Bertz CT molecular complexity index is 359. The Morgan fingerprint density at radius 1 is 1.67 bits per heavy atom. The summed E-state index contributed by atoms with van der Waals surface area (Å²) >= 11 is 5.80. The number of aromatic nitrogens is 1. The van der Waals surface area contributed by atoms with Crippen LogP contribution < -0.4 is 10.6 Å². The maximum absolute atomic E-state index is 5.87. The number of nitrogen functional groups attached to an aromatic ring is 1. The maximum Gasteiger partial charge on any atom is 0.152 e. The van der Waals surface area contributed by atoms with Gasteiger partial charge in [-0.3, -0.25) is 0 Å². The van der Waals surface area contributed by atoms with Crippen LogP contribution in [0.25, 0.3) is 0 Å². The predicted octanol–water partition coefficient (Wildman–Crippen LogP) is 1.54. The summed E-state index contributed by atoms with van der Waals surface area (Å²) in [5, 5.41) is 0.567. The minimum Gasteiger partial charge on any atom is -0.396 e. The maximum atomic E-state index is 5.87. The van der Waals surface area contributed by atoms with Crippen LogP contribution in [0.1, 0.15) is 6.92 Å². The van der Waals surface area contributed by atoms with Gasteiger partial charge >= 0.3 is 0 Å². The summed E-state index contributed by atoms with van der Waals surface area (Å²) in [4.78, 5) is 6.37. The van der Waals surface area contributed by atoms with Gasteiger partial charge in [0.15, 0.2) is 5.82 Å². The van der Waals surface area contributed by atoms with Crippen LogP contribution >= 0.6 is 11.6 Å². The Morgan fingerprint density at radius 2 is 2.47 bits per heavy atom. The second-order valence-corrected chi connectivity index (χ2v) is 4.13. The molecule has 5 heteroatoms. The summed E-state index contributed by atoms with van der Waals surface area (Å²) < 4.78 is 5.46. The van der Waals surface area contributed by atoms with E-state index >= 15 is 0 Å². The Morgan fingerprint density at radius 3 is 3.13 bits per heavy atom. The molecule has 2 N–H and O–H groups in total. The molecule has 4 nitrogen and oxygen atoms in total. The van der Waals surface area contributed by atoms with E-state index in [9.17, 15) is 0 Å². The number of hydrogen-bond acceptors (Lipinski definition) is 4. The summed E-state index contributed by atoms with van der Waals surface area (Å²) in [6.45, 7) is 4.39. The number of hydrogen-bond donors (Lipinski definition) is 1. The van der Waals surface area contributed by atoms with Crippen LogP contribution in [0.3, 0.4) is 0 Å². The van der Waals surface area contributed by atoms with Crippen molar-refractivity contribution in [3.8, 4) is 0 Å². The van der Waals surface area contributed by atoms with Gasteiger partial charge in [0.2, 0.25) is 0 Å². The highest BCUT2D eigenvalue weighted by Crippen LogP contribution is 2.24. The third kappa shape index (κ3) is 2.33. The van der Waals surface area contributed by atoms with Crippen molar-refractivity contribution in [1.82, 2.24) is 4.98 Å². The van der Waals surface area contributed by atoms with Crippen LogP contribution in [-0.2, 0) is 4.74 Å². The number of ether oxygens (including phenoxy) is 1. The van der Waals surface area contributed by atoms with Crippen LogP contribution in [0.5, 0.6) is 0 Å². The van der Waals surface area contributed by atoms with Gasteiger partial charge in [0.05, 0.1) is 23.4 Å². The Balaban J connectivity index is 2.21. The standard InChI is InChI=1S/C10H14ClN3O/c1-7-6-14(2-3-15-7)10-9(12)4-8(11)5-13-10/h4-5,7H,2-3,6,12H2,1H3. The smallest absolute Gasteiger partial charge is 0.152 e. The highest BCUT2D eigenvalue weighted by atomic mass is 35.5. The molecule has 82 valence electrons. The normalized spacial score (nSPS) is 21.7. The molecule has 0 bridgehead atoms. The molecule has 0 saturated carbocycles. The topological polar surface area (TPSA) is 51.4 Å². The molecule has 1 aromatic heterocycles. The minimum absolute atomic E-state index is 0.218. The molecule has 1 aliphatic heterocycles. The fourth-order valence-electron chi connectivity index (χ4n) is 1.72. The molecule has 0 aliphatic carbocycles. The van der Waals surface area contributed by atoms with Crippen molar-refractivity contribution in [2.24, 2.45) is 0 Å². The van der Waals surface area contributed by atoms with Gasteiger partial charge in [-0.1, -0.05) is 11.6 Å². The highest BCUT2D eigenvalue weighted by molar-refractivity contribution is 6.30. The third-order valence-electron chi connectivity index (χ3n) is 2.40. The average molecular weight is 228 g/mol. The van der Waals surface area contributed by atoms with Crippen molar-refractivity contribution < 1.29 is 4.74 Å². The van der Waals surface area contributed by atoms with Crippen molar-refractivity contribution in [2.75, 3.05) is 30.3 Å². The van der Waals surface area contributed by atoms with Gasteiger partial charge < -0.3 is 15.4 Å². The predicted molar refractivity (Wildman–Crippen MR) is 61.3 cm³/mol. The largest absolute Gasteiger partial charge is 0.396 e. The lowest BCUT2D eigenvalue weighted by molar-refractivity contribution is 0.0530. The summed E-state index contributed by atoms with van der Waals surface area (Å²) in [7, 11) is 0. The first-order chi connectivity index (χ1) is 7.16. The zero-order valence-electron chi connectivity index (χ0n) is 8.61. The average Bonchev–Trinajstić information content (AvgIpc) is 2.17. The Kier molecular flexibility index (Phi) is 2.98. The molecule has 2 heterocycles. The third-order valence-corrected chi connectivity index (χ3v) is 2.61. The van der Waals surface area contributed by atoms with Gasteiger partial charge in [-0.2, -0.15) is 0 Å². The molecule has 0 aromatic carbocycles. The monoisotopic (exact) mass is 227 g/mol. The Labute approximate surface area is 94.0 Å². The summed E-state index contributed by atoms with van der Waals surface area (Å²) in [6.07, 6.45) is 1.84. The number of morpholine rings is 1. The molecule has 1 saturated heterocycles. The van der Waals surface area contributed by atoms with E-state index < -0.39 is 0 Å². The molecule has 1 atom stereocenters. The molecular weight excluding hydrogens is 214 g/mol. The van der Waals surface area contributed by atoms with Gasteiger partial charge in [0, 0.05) is 19.3 Å². The van der Waals surface area contributed by atoms with Crippen LogP contribution in [0.2, 0.25) is 5.02 Å². The lowest BCUT2D eigenvalue weighted by Crippen LogP contribution is -2.41. The number of halogens is 1. The van der Waals surface area contributed by atoms with E-state index in [-0.39, 0.29) is 6.10 Å². The van der Waals surface area contributed by atoms with Gasteiger partial charge in [0.25, 0.3) is 0 Å². The lowest BCUT2D eigenvalue weighted by Gasteiger charge is -2.32. The number of rotatable bonds is 1. The van der Waals surface area contributed by atoms with Crippen LogP contribution in [0.15, 0.2) is 12.3 Å². The van der Waals surface area contributed by atoms with Gasteiger partial charge in [0.1, 0.15) is 0 Å². The fourth-order valence-corrected chi connectivity index (χ4v) is 1.89. The molecule has 1 unspecified atom stereocenters. The molecule has 2 rings (SSSR count). The molecule has 15 heavy (non-hydrogen) atoms. The molecule has 1 fully saturated rings. The first-order valence-corrected chi connectivity index (χ1v) is 5.32. The van der Waals surface area contributed by atoms with Crippen molar-refractivity contribution in [2.45, 2.75) is 13.0 Å². The van der Waals surface area contributed by atoms with Crippen LogP contribution in [0.4, 0.5) is 11.5 Å². The minimum atomic E-state index is 0.218. The first kappa shape index (κ1) is 10.5. The van der Waals surface area contributed by atoms with E-state index in [1.165, 1.54) is 0 Å². The fraction of sp³-hybridized carbons (Fsp3) is 0.500. The summed E-state index contributed by atoms with van der Waals surface area (Å²) in [6, 6.07) is 1.73. The summed E-state index contributed by atoms with van der Waals surface area (Å²) in [5.41, 5.74) is 6.49. The zero-order valence-corrected chi connectivity index (χ0v) is 9.37. The second-order valence-electron chi connectivity index (χ2n) is 3.69.